The first-order valence-corrected chi connectivity index (χ1v) is 6.48. The van der Waals surface area contributed by atoms with Gasteiger partial charge in [-0.3, -0.25) is 9.88 Å². The van der Waals surface area contributed by atoms with E-state index in [1.807, 2.05) is 17.0 Å². The van der Waals surface area contributed by atoms with Crippen molar-refractivity contribution in [2.45, 2.75) is 19.5 Å². The molecule has 6 heteroatoms. The van der Waals surface area contributed by atoms with Gasteiger partial charge in [0.1, 0.15) is 12.0 Å². The number of carboxylic acid groups (broad SMARTS) is 1. The number of nitrogens with zero attached hydrogens (tertiary/aromatic N) is 3. The smallest absolute Gasteiger partial charge is 0.338 e. The van der Waals surface area contributed by atoms with E-state index in [4.69, 9.17) is 14.8 Å². The minimum Gasteiger partial charge on any atom is -0.478 e. The predicted molar refractivity (Wildman–Crippen MR) is 74.2 cm³/mol. The minimum absolute atomic E-state index is 0.131. The van der Waals surface area contributed by atoms with Crippen LogP contribution in [0.1, 0.15) is 28.1 Å². The van der Waals surface area contributed by atoms with Crippen LogP contribution in [0, 0.1) is 11.3 Å². The fraction of sp³-hybridized carbons (Fsp3) is 0.267. The van der Waals surface area contributed by atoms with Crippen LogP contribution in [-0.4, -0.2) is 27.5 Å². The van der Waals surface area contributed by atoms with Crippen molar-refractivity contribution in [3.63, 3.8) is 0 Å². The maximum Gasteiger partial charge on any atom is 0.338 e. The Kier molecular flexibility index (Phi) is 5.07. The fourth-order valence-corrected chi connectivity index (χ4v) is 1.97. The molecule has 2 aromatic rings. The van der Waals surface area contributed by atoms with Crippen LogP contribution in [0.25, 0.3) is 0 Å². The topological polar surface area (TPSA) is 90.4 Å². The molecule has 0 aliphatic carbocycles. The highest BCUT2D eigenvalue weighted by molar-refractivity contribution is 5.87. The van der Waals surface area contributed by atoms with E-state index < -0.39 is 5.97 Å². The monoisotopic (exact) mass is 285 g/mol. The summed E-state index contributed by atoms with van der Waals surface area (Å²) in [5.41, 5.74) is 1.16. The van der Waals surface area contributed by atoms with E-state index in [2.05, 4.69) is 11.1 Å². The van der Waals surface area contributed by atoms with Crippen LogP contribution in [-0.2, 0) is 13.1 Å². The highest BCUT2D eigenvalue weighted by Crippen LogP contribution is 2.13. The van der Waals surface area contributed by atoms with E-state index in [9.17, 15) is 4.79 Å². The van der Waals surface area contributed by atoms with Crippen LogP contribution in [0.4, 0.5) is 0 Å². The summed E-state index contributed by atoms with van der Waals surface area (Å²) in [6.07, 6.45) is 5.09. The summed E-state index contributed by atoms with van der Waals surface area (Å²) in [6, 6.07) is 7.43. The van der Waals surface area contributed by atoms with Gasteiger partial charge in [-0.05, 0) is 17.7 Å². The Labute approximate surface area is 122 Å². The minimum atomic E-state index is -1.01. The summed E-state index contributed by atoms with van der Waals surface area (Å²) >= 11 is 0. The Morgan fingerprint density at radius 2 is 2.33 bits per heavy atom. The van der Waals surface area contributed by atoms with Crippen LogP contribution in [0.5, 0.6) is 0 Å². The first-order valence-electron chi connectivity index (χ1n) is 6.48. The number of carboxylic acids is 1. The number of nitriles is 1. The van der Waals surface area contributed by atoms with Crippen LogP contribution in [0.2, 0.25) is 0 Å². The van der Waals surface area contributed by atoms with Crippen molar-refractivity contribution in [3.05, 3.63) is 53.7 Å². The molecule has 0 atom stereocenters. The summed E-state index contributed by atoms with van der Waals surface area (Å²) < 4.78 is 5.25. The number of hydrogen-bond acceptors (Lipinski definition) is 5. The third-order valence-corrected chi connectivity index (χ3v) is 2.95. The third kappa shape index (κ3) is 4.44. The van der Waals surface area contributed by atoms with Crippen LogP contribution >= 0.6 is 0 Å². The molecule has 0 radical (unpaired) electrons. The van der Waals surface area contributed by atoms with Gasteiger partial charge in [-0.2, -0.15) is 5.26 Å². The van der Waals surface area contributed by atoms with Gasteiger partial charge in [0.15, 0.2) is 0 Å². The normalized spacial score (nSPS) is 10.5. The molecular weight excluding hydrogens is 270 g/mol. The Morgan fingerprint density at radius 3 is 2.95 bits per heavy atom. The first kappa shape index (κ1) is 14.8. The zero-order chi connectivity index (χ0) is 15.1. The van der Waals surface area contributed by atoms with Gasteiger partial charge in [-0.1, -0.05) is 6.07 Å². The van der Waals surface area contributed by atoms with Gasteiger partial charge in [0, 0.05) is 31.9 Å². The molecule has 21 heavy (non-hydrogen) atoms. The molecule has 2 rings (SSSR count). The molecule has 0 unspecified atom stereocenters. The van der Waals surface area contributed by atoms with Crippen molar-refractivity contribution in [3.8, 4) is 6.07 Å². The second kappa shape index (κ2) is 7.22. The molecule has 6 nitrogen and oxygen atoms in total. The molecule has 0 fully saturated rings. The molecular formula is C15H15N3O3. The van der Waals surface area contributed by atoms with Crippen molar-refractivity contribution in [1.82, 2.24) is 9.88 Å². The Morgan fingerprint density at radius 1 is 1.48 bits per heavy atom. The van der Waals surface area contributed by atoms with E-state index >= 15 is 0 Å². The fourth-order valence-electron chi connectivity index (χ4n) is 1.97. The second-order valence-corrected chi connectivity index (χ2v) is 4.59. The maximum absolute atomic E-state index is 10.8. The zero-order valence-electron chi connectivity index (χ0n) is 11.4. The highest BCUT2D eigenvalue weighted by Gasteiger charge is 2.12. The number of hydrogen-bond donors (Lipinski definition) is 1. The second-order valence-electron chi connectivity index (χ2n) is 4.59. The first-order chi connectivity index (χ1) is 10.2. The Bertz CT molecular complexity index is 631. The van der Waals surface area contributed by atoms with Gasteiger partial charge < -0.3 is 9.52 Å². The molecule has 0 amide bonds. The van der Waals surface area contributed by atoms with Gasteiger partial charge in [0.25, 0.3) is 0 Å². The molecule has 0 saturated heterocycles. The highest BCUT2D eigenvalue weighted by atomic mass is 16.4. The molecule has 0 spiro atoms. The standard InChI is InChI=1S/C15H15N3O3/c16-4-2-6-18(9-12-3-1-5-17-8-12)10-14-7-13(11-21-14)15(19)20/h1,3,5,7-8,11H,2,6,9-10H2,(H,19,20). The summed E-state index contributed by atoms with van der Waals surface area (Å²) in [6.45, 7) is 1.65. The van der Waals surface area contributed by atoms with Crippen molar-refractivity contribution in [2.75, 3.05) is 6.54 Å². The summed E-state index contributed by atoms with van der Waals surface area (Å²) in [5, 5.41) is 17.6. The van der Waals surface area contributed by atoms with E-state index in [0.717, 1.165) is 5.56 Å². The van der Waals surface area contributed by atoms with Crippen LogP contribution < -0.4 is 0 Å². The quantitative estimate of drug-likeness (QED) is 0.839. The van der Waals surface area contributed by atoms with Gasteiger partial charge in [-0.15, -0.1) is 0 Å². The number of pyridine rings is 1. The lowest BCUT2D eigenvalue weighted by Gasteiger charge is -2.19. The SMILES string of the molecule is N#CCCN(Cc1cccnc1)Cc1cc(C(=O)O)co1. The zero-order valence-corrected chi connectivity index (χ0v) is 11.4. The van der Waals surface area contributed by atoms with Crippen molar-refractivity contribution in [1.29, 1.82) is 5.26 Å². The van der Waals surface area contributed by atoms with E-state index in [0.29, 0.717) is 31.8 Å². The largest absolute Gasteiger partial charge is 0.478 e. The van der Waals surface area contributed by atoms with Gasteiger partial charge in [0.05, 0.1) is 18.2 Å². The average molecular weight is 285 g/mol. The van der Waals surface area contributed by atoms with Gasteiger partial charge in [0.2, 0.25) is 0 Å². The summed E-state index contributed by atoms with van der Waals surface area (Å²) in [4.78, 5) is 16.9. The molecule has 1 N–H and O–H groups in total. The average Bonchev–Trinajstić information content (AvgIpc) is 2.94. The van der Waals surface area contributed by atoms with Crippen molar-refractivity contribution < 1.29 is 14.3 Å². The third-order valence-electron chi connectivity index (χ3n) is 2.95. The van der Waals surface area contributed by atoms with E-state index in [1.54, 1.807) is 12.4 Å². The molecule has 108 valence electrons. The molecule has 0 bridgehead atoms. The maximum atomic E-state index is 10.8. The predicted octanol–water partition coefficient (Wildman–Crippen LogP) is 2.29. The summed E-state index contributed by atoms with van der Waals surface area (Å²) in [7, 11) is 0. The molecule has 0 aromatic carbocycles. The summed E-state index contributed by atoms with van der Waals surface area (Å²) in [5.74, 6) is -0.449. The molecule has 2 aromatic heterocycles. The lowest BCUT2D eigenvalue weighted by molar-refractivity contribution is 0.0696. The van der Waals surface area contributed by atoms with Crippen LogP contribution in [0.15, 0.2) is 41.3 Å². The van der Waals surface area contributed by atoms with E-state index in [1.165, 1.54) is 12.3 Å². The lowest BCUT2D eigenvalue weighted by Crippen LogP contribution is -2.23. The molecule has 0 aliphatic rings. The number of aromatic carboxylic acids is 1. The lowest BCUT2D eigenvalue weighted by atomic mass is 10.2. The van der Waals surface area contributed by atoms with E-state index in [-0.39, 0.29) is 5.56 Å². The number of rotatable bonds is 7. The molecule has 0 saturated carbocycles. The Hall–Kier alpha value is -2.65. The number of aromatic nitrogens is 1. The molecule has 2 heterocycles. The molecule has 0 aliphatic heterocycles. The van der Waals surface area contributed by atoms with Crippen molar-refractivity contribution in [2.24, 2.45) is 0 Å². The van der Waals surface area contributed by atoms with Crippen LogP contribution in [0.3, 0.4) is 0 Å². The number of carbonyl (C=O) groups is 1. The van der Waals surface area contributed by atoms with Gasteiger partial charge >= 0.3 is 5.97 Å². The van der Waals surface area contributed by atoms with Gasteiger partial charge in [-0.25, -0.2) is 4.79 Å². The Balaban J connectivity index is 2.05. The van der Waals surface area contributed by atoms with Crippen molar-refractivity contribution >= 4 is 5.97 Å². The number of furan rings is 1.